The summed E-state index contributed by atoms with van der Waals surface area (Å²) in [6, 6.07) is 11.6. The van der Waals surface area contributed by atoms with Crippen LogP contribution in [0.3, 0.4) is 0 Å². The van der Waals surface area contributed by atoms with Crippen molar-refractivity contribution in [3.05, 3.63) is 65.5 Å². The van der Waals surface area contributed by atoms with Crippen molar-refractivity contribution in [2.75, 3.05) is 19.7 Å². The lowest BCUT2D eigenvalue weighted by molar-refractivity contribution is -0.0499. The van der Waals surface area contributed by atoms with Gasteiger partial charge in [-0.05, 0) is 35.9 Å². The van der Waals surface area contributed by atoms with Gasteiger partial charge in [-0.15, -0.1) is 0 Å². The molecule has 25 heavy (non-hydrogen) atoms. The summed E-state index contributed by atoms with van der Waals surface area (Å²) in [5.74, 6) is -0.706. The van der Waals surface area contributed by atoms with Crippen LogP contribution in [0.15, 0.2) is 48.5 Å². The minimum atomic E-state index is -2.95. The number of alkyl halides is 2. The number of halogens is 3. The van der Waals surface area contributed by atoms with E-state index >= 15 is 0 Å². The Labute approximate surface area is 142 Å². The van der Waals surface area contributed by atoms with E-state index in [1.807, 2.05) is 0 Å². The number of nitrogens with zero attached hydrogens (tertiary/aromatic N) is 1. The lowest BCUT2D eigenvalue weighted by Gasteiger charge is -2.33. The Balaban J connectivity index is 1.72. The van der Waals surface area contributed by atoms with Crippen LogP contribution in [0, 0.1) is 5.82 Å². The molecule has 1 saturated heterocycles. The zero-order valence-corrected chi connectivity index (χ0v) is 13.2. The van der Waals surface area contributed by atoms with Gasteiger partial charge in [0.25, 0.3) is 5.91 Å². The van der Waals surface area contributed by atoms with Crippen molar-refractivity contribution in [1.82, 2.24) is 4.90 Å². The number of hydrogen-bond donors (Lipinski definition) is 0. The Bertz CT molecular complexity index is 737. The molecule has 1 aliphatic rings. The van der Waals surface area contributed by atoms with Crippen molar-refractivity contribution in [3.63, 3.8) is 0 Å². The zero-order chi connectivity index (χ0) is 17.8. The molecule has 0 radical (unpaired) electrons. The maximum absolute atomic E-state index is 13.0. The summed E-state index contributed by atoms with van der Waals surface area (Å²) in [7, 11) is 0. The molecule has 0 saturated carbocycles. The fraction of sp³-hybridized carbons (Fsp3) is 0.278. The van der Waals surface area contributed by atoms with Crippen LogP contribution in [0.5, 0.6) is 5.75 Å². The summed E-state index contributed by atoms with van der Waals surface area (Å²) in [5.41, 5.74) is 1.03. The van der Waals surface area contributed by atoms with E-state index in [9.17, 15) is 18.0 Å². The zero-order valence-electron chi connectivity index (χ0n) is 13.2. The molecule has 2 aromatic carbocycles. The molecule has 1 atom stereocenters. The molecule has 7 heteroatoms. The third-order valence-electron chi connectivity index (χ3n) is 3.90. The minimum Gasteiger partial charge on any atom is -0.435 e. The fourth-order valence-electron chi connectivity index (χ4n) is 2.70. The van der Waals surface area contributed by atoms with E-state index in [4.69, 9.17) is 4.74 Å². The smallest absolute Gasteiger partial charge is 0.387 e. The maximum atomic E-state index is 13.0. The molecule has 1 fully saturated rings. The van der Waals surface area contributed by atoms with Gasteiger partial charge in [0, 0.05) is 12.1 Å². The van der Waals surface area contributed by atoms with E-state index in [-0.39, 0.29) is 29.1 Å². The molecule has 0 aliphatic carbocycles. The highest BCUT2D eigenvalue weighted by molar-refractivity contribution is 5.94. The van der Waals surface area contributed by atoms with E-state index in [0.717, 1.165) is 5.56 Å². The molecule has 0 spiro atoms. The SMILES string of the molecule is O=C(c1cccc(OC(F)F)c1)N1CCOC(c2ccc(F)cc2)C1. The van der Waals surface area contributed by atoms with Crippen LogP contribution in [0.2, 0.25) is 0 Å². The van der Waals surface area contributed by atoms with Crippen molar-refractivity contribution < 1.29 is 27.4 Å². The number of hydrogen-bond acceptors (Lipinski definition) is 3. The summed E-state index contributed by atoms with van der Waals surface area (Å²) < 4.78 is 47.7. The summed E-state index contributed by atoms with van der Waals surface area (Å²) in [4.78, 5) is 14.2. The average Bonchev–Trinajstić information content (AvgIpc) is 2.61. The van der Waals surface area contributed by atoms with Crippen molar-refractivity contribution in [2.24, 2.45) is 0 Å². The van der Waals surface area contributed by atoms with Crippen LogP contribution in [-0.2, 0) is 4.74 Å². The van der Waals surface area contributed by atoms with E-state index in [1.165, 1.54) is 30.3 Å². The summed E-state index contributed by atoms with van der Waals surface area (Å²) in [6.45, 7) is -1.93. The molecule has 3 rings (SSSR count). The highest BCUT2D eigenvalue weighted by Crippen LogP contribution is 2.24. The Kier molecular flexibility index (Phi) is 5.23. The van der Waals surface area contributed by atoms with Crippen LogP contribution in [0.1, 0.15) is 22.0 Å². The Hall–Kier alpha value is -2.54. The number of benzene rings is 2. The summed E-state index contributed by atoms with van der Waals surface area (Å²) >= 11 is 0. The van der Waals surface area contributed by atoms with Crippen LogP contribution in [-0.4, -0.2) is 37.1 Å². The van der Waals surface area contributed by atoms with Crippen molar-refractivity contribution in [2.45, 2.75) is 12.7 Å². The normalized spacial score (nSPS) is 17.6. The number of ether oxygens (including phenoxy) is 2. The molecule has 1 heterocycles. The number of morpholine rings is 1. The third kappa shape index (κ3) is 4.30. The van der Waals surface area contributed by atoms with E-state index in [2.05, 4.69) is 4.74 Å². The molecule has 0 aromatic heterocycles. The Morgan fingerprint density at radius 2 is 1.96 bits per heavy atom. The van der Waals surface area contributed by atoms with Crippen molar-refractivity contribution in [3.8, 4) is 5.75 Å². The second kappa shape index (κ2) is 7.57. The molecule has 0 bridgehead atoms. The fourth-order valence-corrected chi connectivity index (χ4v) is 2.70. The summed E-state index contributed by atoms with van der Waals surface area (Å²) in [5, 5.41) is 0. The van der Waals surface area contributed by atoms with Crippen LogP contribution in [0.4, 0.5) is 13.2 Å². The lowest BCUT2D eigenvalue weighted by Crippen LogP contribution is -2.42. The average molecular weight is 351 g/mol. The van der Waals surface area contributed by atoms with E-state index in [0.29, 0.717) is 19.7 Å². The second-order valence-electron chi connectivity index (χ2n) is 5.57. The first-order valence-electron chi connectivity index (χ1n) is 7.74. The lowest BCUT2D eigenvalue weighted by atomic mass is 10.1. The highest BCUT2D eigenvalue weighted by atomic mass is 19.3. The first-order chi connectivity index (χ1) is 12.0. The Morgan fingerprint density at radius 3 is 2.68 bits per heavy atom. The van der Waals surface area contributed by atoms with Crippen LogP contribution < -0.4 is 4.74 Å². The van der Waals surface area contributed by atoms with E-state index < -0.39 is 6.61 Å². The van der Waals surface area contributed by atoms with Crippen molar-refractivity contribution >= 4 is 5.91 Å². The first-order valence-corrected chi connectivity index (χ1v) is 7.74. The molecule has 1 amide bonds. The summed E-state index contributed by atoms with van der Waals surface area (Å²) in [6.07, 6.45) is -0.362. The topological polar surface area (TPSA) is 38.8 Å². The molecule has 1 aliphatic heterocycles. The van der Waals surface area contributed by atoms with Crippen molar-refractivity contribution in [1.29, 1.82) is 0 Å². The van der Waals surface area contributed by atoms with Crippen LogP contribution in [0.25, 0.3) is 0 Å². The van der Waals surface area contributed by atoms with Gasteiger partial charge in [0.1, 0.15) is 17.7 Å². The minimum absolute atomic E-state index is 0.0656. The largest absolute Gasteiger partial charge is 0.435 e. The number of rotatable bonds is 4. The molecule has 1 unspecified atom stereocenters. The molecule has 2 aromatic rings. The molecule has 132 valence electrons. The van der Waals surface area contributed by atoms with E-state index in [1.54, 1.807) is 23.1 Å². The quantitative estimate of drug-likeness (QED) is 0.844. The van der Waals surface area contributed by atoms with Gasteiger partial charge in [0.15, 0.2) is 0 Å². The predicted molar refractivity (Wildman–Crippen MR) is 84.1 cm³/mol. The first kappa shape index (κ1) is 17.3. The monoisotopic (exact) mass is 351 g/mol. The number of amides is 1. The number of carbonyl (C=O) groups is 1. The van der Waals surface area contributed by atoms with Gasteiger partial charge in [0.2, 0.25) is 0 Å². The molecular formula is C18H16F3NO3. The second-order valence-corrected chi connectivity index (χ2v) is 5.57. The van der Waals surface area contributed by atoms with Gasteiger partial charge in [-0.1, -0.05) is 18.2 Å². The van der Waals surface area contributed by atoms with Gasteiger partial charge in [-0.25, -0.2) is 4.39 Å². The predicted octanol–water partition coefficient (Wildman–Crippen LogP) is 3.64. The maximum Gasteiger partial charge on any atom is 0.387 e. The standard InChI is InChI=1S/C18H16F3NO3/c19-14-6-4-12(5-7-14)16-11-22(8-9-24-16)17(23)13-2-1-3-15(10-13)25-18(20)21/h1-7,10,16,18H,8-9,11H2. The van der Waals surface area contributed by atoms with Gasteiger partial charge < -0.3 is 14.4 Å². The molecule has 0 N–H and O–H groups in total. The van der Waals surface area contributed by atoms with Crippen LogP contribution >= 0.6 is 0 Å². The molecule has 4 nitrogen and oxygen atoms in total. The third-order valence-corrected chi connectivity index (χ3v) is 3.90. The van der Waals surface area contributed by atoms with Gasteiger partial charge in [-0.2, -0.15) is 8.78 Å². The van der Waals surface area contributed by atoms with Gasteiger partial charge in [-0.3, -0.25) is 4.79 Å². The Morgan fingerprint density at radius 1 is 1.20 bits per heavy atom. The highest BCUT2D eigenvalue weighted by Gasteiger charge is 2.26. The molecular weight excluding hydrogens is 335 g/mol. The van der Waals surface area contributed by atoms with Gasteiger partial charge >= 0.3 is 6.61 Å². The number of carbonyl (C=O) groups excluding carboxylic acids is 1. The van der Waals surface area contributed by atoms with Gasteiger partial charge in [0.05, 0.1) is 13.2 Å².